The molecule has 0 atom stereocenters. The number of aliphatic hydroxyl groups is 1. The van der Waals surface area contributed by atoms with Gasteiger partial charge in [0.2, 0.25) is 0 Å². The molecule has 1 aromatic heterocycles. The van der Waals surface area contributed by atoms with Crippen molar-refractivity contribution >= 4 is 5.82 Å². The summed E-state index contributed by atoms with van der Waals surface area (Å²) < 4.78 is 0. The number of hydrogen-bond donors (Lipinski definition) is 3. The van der Waals surface area contributed by atoms with Crippen LogP contribution in [-0.2, 0) is 6.61 Å². The third-order valence-electron chi connectivity index (χ3n) is 1.31. The highest BCUT2D eigenvalue weighted by Gasteiger charge is 1.99. The molecule has 60 valence electrons. The molecule has 1 heterocycles. The summed E-state index contributed by atoms with van der Waals surface area (Å²) in [6, 6.07) is 0. The summed E-state index contributed by atoms with van der Waals surface area (Å²) in [5.41, 5.74) is 0.152. The fraction of sp³-hybridized carbons (Fsp3) is 0.333. The van der Waals surface area contributed by atoms with Crippen LogP contribution in [0.25, 0.3) is 0 Å². The Morgan fingerprint density at radius 1 is 1.82 bits per heavy atom. The lowest BCUT2D eigenvalue weighted by atomic mass is 10.3. The molecular weight excluding hydrogens is 146 g/mol. The average Bonchev–Trinajstić information content (AvgIpc) is 2.04. The number of H-pyrrole nitrogens is 1. The molecule has 0 aliphatic rings. The summed E-state index contributed by atoms with van der Waals surface area (Å²) in [4.78, 5) is 16.5. The van der Waals surface area contributed by atoms with Crippen LogP contribution in [0.2, 0.25) is 0 Å². The largest absolute Gasteiger partial charge is 0.391 e. The Balaban J connectivity index is 3.16. The summed E-state index contributed by atoms with van der Waals surface area (Å²) in [6.07, 6.45) is 1.34. The van der Waals surface area contributed by atoms with Crippen LogP contribution in [0.15, 0.2) is 11.0 Å². The molecule has 5 heteroatoms. The number of aromatic amines is 1. The molecule has 0 fully saturated rings. The van der Waals surface area contributed by atoms with E-state index < -0.39 is 5.69 Å². The van der Waals surface area contributed by atoms with Crippen LogP contribution >= 0.6 is 0 Å². The number of hydrogen-bond acceptors (Lipinski definition) is 4. The van der Waals surface area contributed by atoms with Gasteiger partial charge in [0.05, 0.1) is 6.61 Å². The van der Waals surface area contributed by atoms with Crippen LogP contribution in [0.4, 0.5) is 5.82 Å². The lowest BCUT2D eigenvalue weighted by Crippen LogP contribution is -2.13. The lowest BCUT2D eigenvalue weighted by molar-refractivity contribution is 0.281. The third-order valence-corrected chi connectivity index (χ3v) is 1.31. The van der Waals surface area contributed by atoms with Gasteiger partial charge in [-0.2, -0.15) is 0 Å². The van der Waals surface area contributed by atoms with Crippen molar-refractivity contribution in [2.45, 2.75) is 6.61 Å². The minimum absolute atomic E-state index is 0.139. The standard InChI is InChI=1S/C6H9N3O2/c1-7-5-4(3-10)2-8-6(11)9-5/h2,10H,3H2,1H3,(H2,7,8,9,11). The first kappa shape index (κ1) is 7.74. The number of anilines is 1. The minimum atomic E-state index is -0.424. The van der Waals surface area contributed by atoms with E-state index in [1.54, 1.807) is 7.05 Å². The van der Waals surface area contributed by atoms with Gasteiger partial charge < -0.3 is 10.4 Å². The van der Waals surface area contributed by atoms with Crippen LogP contribution in [-0.4, -0.2) is 22.1 Å². The van der Waals surface area contributed by atoms with E-state index in [9.17, 15) is 4.79 Å². The SMILES string of the molecule is CNc1[nH]c(=O)ncc1CO. The summed E-state index contributed by atoms with van der Waals surface area (Å²) in [7, 11) is 1.66. The molecule has 0 unspecified atom stereocenters. The van der Waals surface area contributed by atoms with Gasteiger partial charge in [-0.05, 0) is 0 Å². The van der Waals surface area contributed by atoms with Gasteiger partial charge in [0.1, 0.15) is 5.82 Å². The predicted octanol–water partition coefficient (Wildman–Crippen LogP) is -0.696. The fourth-order valence-corrected chi connectivity index (χ4v) is 0.764. The average molecular weight is 155 g/mol. The highest BCUT2D eigenvalue weighted by molar-refractivity contribution is 5.40. The molecule has 0 spiro atoms. The second-order valence-corrected chi connectivity index (χ2v) is 2.00. The maximum Gasteiger partial charge on any atom is 0.346 e. The Kier molecular flexibility index (Phi) is 2.22. The minimum Gasteiger partial charge on any atom is -0.391 e. The number of nitrogens with one attached hydrogen (secondary N) is 2. The molecule has 1 rings (SSSR count). The highest BCUT2D eigenvalue weighted by atomic mass is 16.3. The number of aromatic nitrogens is 2. The van der Waals surface area contributed by atoms with Crippen LogP contribution < -0.4 is 11.0 Å². The maximum absolute atomic E-state index is 10.6. The topological polar surface area (TPSA) is 78.0 Å². The Bertz CT molecular complexity index is 294. The zero-order valence-electron chi connectivity index (χ0n) is 6.09. The second-order valence-electron chi connectivity index (χ2n) is 2.00. The monoisotopic (exact) mass is 155 g/mol. The van der Waals surface area contributed by atoms with Gasteiger partial charge in [-0.1, -0.05) is 0 Å². The van der Waals surface area contributed by atoms with Crippen LogP contribution in [0.1, 0.15) is 5.56 Å². The summed E-state index contributed by atoms with van der Waals surface area (Å²) >= 11 is 0. The Labute approximate surface area is 63.1 Å². The Morgan fingerprint density at radius 2 is 2.55 bits per heavy atom. The summed E-state index contributed by atoms with van der Waals surface area (Å²) in [6.45, 7) is -0.139. The van der Waals surface area contributed by atoms with Crippen molar-refractivity contribution < 1.29 is 5.11 Å². The van der Waals surface area contributed by atoms with Crippen LogP contribution in [0.5, 0.6) is 0 Å². The zero-order valence-corrected chi connectivity index (χ0v) is 6.09. The van der Waals surface area contributed by atoms with E-state index >= 15 is 0 Å². The zero-order chi connectivity index (χ0) is 8.27. The molecule has 0 bridgehead atoms. The number of nitrogens with zero attached hydrogens (tertiary/aromatic N) is 1. The quantitative estimate of drug-likeness (QED) is 0.528. The molecule has 0 radical (unpaired) electrons. The Morgan fingerprint density at radius 3 is 3.09 bits per heavy atom. The molecule has 0 aromatic carbocycles. The van der Waals surface area contributed by atoms with E-state index in [2.05, 4.69) is 15.3 Å². The molecule has 5 nitrogen and oxygen atoms in total. The number of aliphatic hydroxyl groups excluding tert-OH is 1. The van der Waals surface area contributed by atoms with Gasteiger partial charge in [-0.3, -0.25) is 4.98 Å². The first-order valence-electron chi connectivity index (χ1n) is 3.14. The van der Waals surface area contributed by atoms with Gasteiger partial charge in [0.15, 0.2) is 0 Å². The van der Waals surface area contributed by atoms with Gasteiger partial charge in [0, 0.05) is 18.8 Å². The van der Waals surface area contributed by atoms with E-state index in [4.69, 9.17) is 5.11 Å². The van der Waals surface area contributed by atoms with Crippen molar-refractivity contribution in [3.05, 3.63) is 22.2 Å². The van der Waals surface area contributed by atoms with Gasteiger partial charge >= 0.3 is 5.69 Å². The lowest BCUT2D eigenvalue weighted by Gasteiger charge is -2.02. The molecule has 1 aromatic rings. The van der Waals surface area contributed by atoms with E-state index in [1.165, 1.54) is 6.20 Å². The Hall–Kier alpha value is -1.36. The molecule has 0 saturated heterocycles. The molecular formula is C6H9N3O2. The summed E-state index contributed by atoms with van der Waals surface area (Å²) in [5, 5.41) is 11.5. The van der Waals surface area contributed by atoms with Crippen molar-refractivity contribution in [1.29, 1.82) is 0 Å². The first-order chi connectivity index (χ1) is 5.27. The highest BCUT2D eigenvalue weighted by Crippen LogP contribution is 2.05. The first-order valence-corrected chi connectivity index (χ1v) is 3.14. The van der Waals surface area contributed by atoms with Crippen molar-refractivity contribution in [2.75, 3.05) is 12.4 Å². The maximum atomic E-state index is 10.6. The van der Waals surface area contributed by atoms with Crippen LogP contribution in [0.3, 0.4) is 0 Å². The normalized spacial score (nSPS) is 9.64. The van der Waals surface area contributed by atoms with E-state index in [0.29, 0.717) is 11.4 Å². The van der Waals surface area contributed by atoms with Crippen LogP contribution in [0, 0.1) is 0 Å². The number of rotatable bonds is 2. The van der Waals surface area contributed by atoms with Gasteiger partial charge in [-0.25, -0.2) is 9.78 Å². The van der Waals surface area contributed by atoms with Crippen molar-refractivity contribution in [3.63, 3.8) is 0 Å². The van der Waals surface area contributed by atoms with Crippen molar-refractivity contribution in [3.8, 4) is 0 Å². The van der Waals surface area contributed by atoms with E-state index in [0.717, 1.165) is 0 Å². The molecule has 0 saturated carbocycles. The van der Waals surface area contributed by atoms with Gasteiger partial charge in [-0.15, -0.1) is 0 Å². The smallest absolute Gasteiger partial charge is 0.346 e. The van der Waals surface area contributed by atoms with E-state index in [1.807, 2.05) is 0 Å². The van der Waals surface area contributed by atoms with Crippen molar-refractivity contribution in [2.24, 2.45) is 0 Å². The second kappa shape index (κ2) is 3.16. The third kappa shape index (κ3) is 1.56. The molecule has 11 heavy (non-hydrogen) atoms. The van der Waals surface area contributed by atoms with Crippen molar-refractivity contribution in [1.82, 2.24) is 9.97 Å². The summed E-state index contributed by atoms with van der Waals surface area (Å²) in [5.74, 6) is 0.507. The molecule has 0 aliphatic heterocycles. The van der Waals surface area contributed by atoms with Gasteiger partial charge in [0.25, 0.3) is 0 Å². The molecule has 0 amide bonds. The fourth-order valence-electron chi connectivity index (χ4n) is 0.764. The molecule has 3 N–H and O–H groups in total. The predicted molar refractivity (Wildman–Crippen MR) is 40.3 cm³/mol. The van der Waals surface area contributed by atoms with E-state index in [-0.39, 0.29) is 6.61 Å². The molecule has 0 aliphatic carbocycles.